The summed E-state index contributed by atoms with van der Waals surface area (Å²) in [6.45, 7) is 0.320. The fourth-order valence-corrected chi connectivity index (χ4v) is 2.11. The largest absolute Gasteiger partial charge is 0.326 e. The van der Waals surface area contributed by atoms with E-state index in [1.165, 1.54) is 18.2 Å². The van der Waals surface area contributed by atoms with Crippen LogP contribution in [0.15, 0.2) is 46.9 Å². The molecule has 0 aromatic heterocycles. The van der Waals surface area contributed by atoms with Crippen molar-refractivity contribution in [1.82, 2.24) is 0 Å². The molecule has 0 spiro atoms. The van der Waals surface area contributed by atoms with Crippen LogP contribution >= 0.6 is 15.9 Å². The molecule has 1 amide bonds. The molecule has 0 aliphatic rings. The van der Waals surface area contributed by atoms with Crippen LogP contribution in [-0.2, 0) is 6.54 Å². The Hall–Kier alpha value is -1.72. The molecule has 3 N–H and O–H groups in total. The third-order valence-electron chi connectivity index (χ3n) is 2.66. The van der Waals surface area contributed by atoms with E-state index in [1.54, 1.807) is 12.1 Å². The molecule has 0 bridgehead atoms. The summed E-state index contributed by atoms with van der Waals surface area (Å²) in [4.78, 5) is 12.1. The third-order valence-corrected chi connectivity index (χ3v) is 3.35. The average molecular weight is 323 g/mol. The number of halogens is 2. The number of amides is 1. The molecule has 98 valence electrons. The van der Waals surface area contributed by atoms with E-state index in [9.17, 15) is 9.18 Å². The summed E-state index contributed by atoms with van der Waals surface area (Å²) < 4.78 is 13.7. The van der Waals surface area contributed by atoms with Gasteiger partial charge in [-0.15, -0.1) is 0 Å². The normalized spacial score (nSPS) is 10.3. The van der Waals surface area contributed by atoms with Gasteiger partial charge in [0.2, 0.25) is 0 Å². The number of carbonyl (C=O) groups excluding carboxylic acids is 1. The van der Waals surface area contributed by atoms with E-state index in [4.69, 9.17) is 5.73 Å². The quantitative estimate of drug-likeness (QED) is 0.911. The van der Waals surface area contributed by atoms with Gasteiger partial charge in [0, 0.05) is 16.7 Å². The van der Waals surface area contributed by atoms with Gasteiger partial charge < -0.3 is 11.1 Å². The van der Waals surface area contributed by atoms with Crippen LogP contribution < -0.4 is 11.1 Å². The topological polar surface area (TPSA) is 55.1 Å². The first-order valence-corrected chi connectivity index (χ1v) is 6.45. The summed E-state index contributed by atoms with van der Waals surface area (Å²) in [6, 6.07) is 11.2. The molecule has 19 heavy (non-hydrogen) atoms. The molecule has 2 rings (SSSR count). The van der Waals surface area contributed by atoms with Gasteiger partial charge in [0.1, 0.15) is 5.82 Å². The first kappa shape index (κ1) is 13.7. The predicted molar refractivity (Wildman–Crippen MR) is 76.4 cm³/mol. The van der Waals surface area contributed by atoms with Crippen LogP contribution in [0, 0.1) is 5.82 Å². The molecule has 3 nitrogen and oxygen atoms in total. The Labute approximate surface area is 118 Å². The van der Waals surface area contributed by atoms with Gasteiger partial charge in [0.25, 0.3) is 5.91 Å². The van der Waals surface area contributed by atoms with Crippen molar-refractivity contribution < 1.29 is 9.18 Å². The fraction of sp³-hybridized carbons (Fsp3) is 0.0714. The van der Waals surface area contributed by atoms with Crippen LogP contribution in [0.2, 0.25) is 0 Å². The van der Waals surface area contributed by atoms with E-state index in [0.29, 0.717) is 16.7 Å². The Bertz CT molecular complexity index is 616. The van der Waals surface area contributed by atoms with Gasteiger partial charge in [0.15, 0.2) is 0 Å². The van der Waals surface area contributed by atoms with E-state index in [1.807, 2.05) is 12.1 Å². The Morgan fingerprint density at radius 2 is 2.00 bits per heavy atom. The van der Waals surface area contributed by atoms with Crippen molar-refractivity contribution in [3.8, 4) is 0 Å². The second-order valence-corrected chi connectivity index (χ2v) is 4.79. The lowest BCUT2D eigenvalue weighted by atomic mass is 10.1. The number of benzene rings is 2. The highest BCUT2D eigenvalue weighted by molar-refractivity contribution is 9.10. The summed E-state index contributed by atoms with van der Waals surface area (Å²) in [6.07, 6.45) is 0. The molecule has 0 radical (unpaired) electrons. The van der Waals surface area contributed by atoms with Crippen LogP contribution in [0.1, 0.15) is 15.9 Å². The van der Waals surface area contributed by atoms with E-state index in [-0.39, 0.29) is 11.5 Å². The van der Waals surface area contributed by atoms with Gasteiger partial charge in [-0.3, -0.25) is 4.79 Å². The lowest BCUT2D eigenvalue weighted by Crippen LogP contribution is -2.15. The highest BCUT2D eigenvalue weighted by atomic mass is 79.9. The Kier molecular flexibility index (Phi) is 4.29. The Morgan fingerprint density at radius 3 is 2.74 bits per heavy atom. The highest BCUT2D eigenvalue weighted by Crippen LogP contribution is 2.21. The maximum Gasteiger partial charge on any atom is 0.256 e. The molecule has 0 unspecified atom stereocenters. The summed E-state index contributed by atoms with van der Waals surface area (Å²) in [7, 11) is 0. The molecular weight excluding hydrogens is 311 g/mol. The van der Waals surface area contributed by atoms with E-state index < -0.39 is 5.82 Å². The molecule has 0 aliphatic carbocycles. The SMILES string of the molecule is NCc1ccccc1NC(=O)c1cc(F)ccc1Br. The molecule has 0 fully saturated rings. The van der Waals surface area contributed by atoms with E-state index in [0.717, 1.165) is 5.56 Å². The number of para-hydroxylation sites is 1. The van der Waals surface area contributed by atoms with Crippen LogP contribution in [0.4, 0.5) is 10.1 Å². The lowest BCUT2D eigenvalue weighted by Gasteiger charge is -2.10. The van der Waals surface area contributed by atoms with Crippen molar-refractivity contribution in [3.63, 3.8) is 0 Å². The standard InChI is InChI=1S/C14H12BrFN2O/c15-12-6-5-10(16)7-11(12)14(19)18-13-4-2-1-3-9(13)8-17/h1-7H,8,17H2,(H,18,19). The Balaban J connectivity index is 2.28. The maximum atomic E-state index is 13.2. The Morgan fingerprint density at radius 1 is 1.26 bits per heavy atom. The molecule has 0 saturated heterocycles. The number of carbonyl (C=O) groups is 1. The van der Waals surface area contributed by atoms with Crippen molar-refractivity contribution in [2.24, 2.45) is 5.73 Å². The minimum Gasteiger partial charge on any atom is -0.326 e. The number of rotatable bonds is 3. The second kappa shape index (κ2) is 5.95. The van der Waals surface area contributed by atoms with Crippen LogP contribution in [-0.4, -0.2) is 5.91 Å². The molecule has 0 aliphatic heterocycles. The third kappa shape index (κ3) is 3.19. The van der Waals surface area contributed by atoms with Crippen LogP contribution in [0.5, 0.6) is 0 Å². The zero-order valence-corrected chi connectivity index (χ0v) is 11.6. The second-order valence-electron chi connectivity index (χ2n) is 3.94. The molecule has 2 aromatic rings. The fourth-order valence-electron chi connectivity index (χ4n) is 1.68. The first-order chi connectivity index (χ1) is 9.11. The van der Waals surface area contributed by atoms with Crippen molar-refractivity contribution >= 4 is 27.5 Å². The lowest BCUT2D eigenvalue weighted by molar-refractivity contribution is 0.102. The van der Waals surface area contributed by atoms with Crippen LogP contribution in [0.25, 0.3) is 0 Å². The monoisotopic (exact) mass is 322 g/mol. The molecule has 0 atom stereocenters. The van der Waals surface area contributed by atoms with Crippen molar-refractivity contribution in [1.29, 1.82) is 0 Å². The average Bonchev–Trinajstić information content (AvgIpc) is 2.42. The number of nitrogens with two attached hydrogens (primary N) is 1. The van der Waals surface area contributed by atoms with Crippen molar-refractivity contribution in [2.45, 2.75) is 6.54 Å². The van der Waals surface area contributed by atoms with Gasteiger partial charge in [0.05, 0.1) is 5.56 Å². The maximum absolute atomic E-state index is 13.2. The zero-order chi connectivity index (χ0) is 13.8. The first-order valence-electron chi connectivity index (χ1n) is 5.66. The zero-order valence-electron chi connectivity index (χ0n) is 9.99. The molecule has 2 aromatic carbocycles. The highest BCUT2D eigenvalue weighted by Gasteiger charge is 2.12. The summed E-state index contributed by atoms with van der Waals surface area (Å²) in [5.74, 6) is -0.840. The van der Waals surface area contributed by atoms with Crippen molar-refractivity contribution in [2.75, 3.05) is 5.32 Å². The van der Waals surface area contributed by atoms with Gasteiger partial charge in [-0.25, -0.2) is 4.39 Å². The van der Waals surface area contributed by atoms with Gasteiger partial charge in [-0.05, 0) is 45.8 Å². The summed E-state index contributed by atoms with van der Waals surface area (Å²) in [5, 5.41) is 2.73. The minimum atomic E-state index is -0.458. The number of nitrogens with one attached hydrogen (secondary N) is 1. The number of anilines is 1. The van der Waals surface area contributed by atoms with Gasteiger partial charge in [-0.1, -0.05) is 18.2 Å². The molecular formula is C14H12BrFN2O. The minimum absolute atomic E-state index is 0.242. The molecule has 0 saturated carbocycles. The number of hydrogen-bond acceptors (Lipinski definition) is 2. The smallest absolute Gasteiger partial charge is 0.256 e. The molecule has 0 heterocycles. The van der Waals surface area contributed by atoms with Gasteiger partial charge in [-0.2, -0.15) is 0 Å². The number of hydrogen-bond donors (Lipinski definition) is 2. The van der Waals surface area contributed by atoms with E-state index in [2.05, 4.69) is 21.2 Å². The summed E-state index contributed by atoms with van der Waals surface area (Å²) >= 11 is 3.23. The summed E-state index contributed by atoms with van der Waals surface area (Å²) in [5.41, 5.74) is 7.29. The predicted octanol–water partition coefficient (Wildman–Crippen LogP) is 3.30. The van der Waals surface area contributed by atoms with E-state index >= 15 is 0 Å². The van der Waals surface area contributed by atoms with Crippen molar-refractivity contribution in [3.05, 3.63) is 63.9 Å². The van der Waals surface area contributed by atoms with Gasteiger partial charge >= 0.3 is 0 Å². The molecule has 5 heteroatoms. The van der Waals surface area contributed by atoms with Crippen LogP contribution in [0.3, 0.4) is 0 Å².